The fourth-order valence-corrected chi connectivity index (χ4v) is 4.54. The molecule has 5 rings (SSSR count). The second kappa shape index (κ2) is 12.0. The lowest BCUT2D eigenvalue weighted by molar-refractivity contribution is 0.00578. The molecule has 0 spiro atoms. The van der Waals surface area contributed by atoms with Gasteiger partial charge < -0.3 is 18.8 Å². The fourth-order valence-electron chi connectivity index (χ4n) is 4.18. The third kappa shape index (κ3) is 6.19. The van der Waals surface area contributed by atoms with Crippen LogP contribution in [0.2, 0.25) is 0 Å². The minimum Gasteiger partial charge on any atom is -0.462 e. The number of carbonyl (C=O) groups excluding carboxylic acids is 2. The Morgan fingerprint density at radius 2 is 1.25 bits per heavy atom. The molecule has 0 amide bonds. The minimum atomic E-state index is -0.477. The second-order valence-corrected chi connectivity index (χ2v) is 11.1. The second-order valence-electron chi connectivity index (χ2n) is 10.2. The van der Waals surface area contributed by atoms with Crippen molar-refractivity contribution in [3.63, 3.8) is 0 Å². The van der Waals surface area contributed by atoms with E-state index in [1.165, 1.54) is 0 Å². The first-order valence-corrected chi connectivity index (χ1v) is 13.9. The molecule has 8 nitrogen and oxygen atoms in total. The van der Waals surface area contributed by atoms with Gasteiger partial charge in [-0.25, -0.2) is 9.59 Å². The number of rotatable bonds is 5. The van der Waals surface area contributed by atoms with Gasteiger partial charge in [-0.3, -0.25) is 9.97 Å². The smallest absolute Gasteiger partial charge is 0.462 e. The number of nitrogens with zero attached hydrogens (tertiary/aromatic N) is 2. The predicted octanol–water partition coefficient (Wildman–Crippen LogP) is 5.88. The van der Waals surface area contributed by atoms with Crippen molar-refractivity contribution in [2.45, 2.75) is 52.7 Å². The lowest BCUT2D eigenvalue weighted by atomic mass is 9.78. The van der Waals surface area contributed by atoms with Gasteiger partial charge in [0.15, 0.2) is 0 Å². The lowest BCUT2D eigenvalue weighted by Gasteiger charge is -2.32. The van der Waals surface area contributed by atoms with Gasteiger partial charge in [-0.15, -0.1) is 0 Å². The van der Waals surface area contributed by atoms with Crippen LogP contribution in [-0.4, -0.2) is 53.4 Å². The molecule has 1 saturated heterocycles. The van der Waals surface area contributed by atoms with Crippen molar-refractivity contribution in [1.29, 1.82) is 0 Å². The van der Waals surface area contributed by atoms with Gasteiger partial charge in [0.1, 0.15) is 0 Å². The van der Waals surface area contributed by atoms with Crippen LogP contribution in [0.15, 0.2) is 65.4 Å². The zero-order valence-corrected chi connectivity index (χ0v) is 25.1. The summed E-state index contributed by atoms with van der Waals surface area (Å²) in [6.45, 7) is 12.3. The van der Waals surface area contributed by atoms with Gasteiger partial charge in [0.2, 0.25) is 0 Å². The number of ether oxygens (including phenoxy) is 2. The first-order valence-electron chi connectivity index (χ1n) is 13.1. The molecule has 3 heterocycles. The predicted molar refractivity (Wildman–Crippen MR) is 159 cm³/mol. The van der Waals surface area contributed by atoms with Crippen molar-refractivity contribution >= 4 is 62.3 Å². The first kappa shape index (κ1) is 29.6. The van der Waals surface area contributed by atoms with E-state index in [1.54, 1.807) is 38.4 Å². The average molecular weight is 607 g/mol. The molecular weight excluding hydrogens is 575 g/mol. The largest absolute Gasteiger partial charge is 0.494 e. The van der Waals surface area contributed by atoms with Crippen molar-refractivity contribution in [1.82, 2.24) is 9.97 Å². The zero-order valence-electron chi connectivity index (χ0n) is 23.5. The van der Waals surface area contributed by atoms with E-state index in [-0.39, 0.29) is 11.9 Å². The summed E-state index contributed by atoms with van der Waals surface area (Å²) in [5, 5.41) is 1.54. The Bertz CT molecular complexity index is 1540. The fraction of sp³-hybridized carbons (Fsp3) is 0.333. The zero-order chi connectivity index (χ0) is 29.1. The van der Waals surface area contributed by atoms with Crippen molar-refractivity contribution < 1.29 is 28.4 Å². The molecule has 2 aromatic heterocycles. The highest BCUT2D eigenvalue weighted by Gasteiger charge is 2.51. The highest BCUT2D eigenvalue weighted by molar-refractivity contribution is 9.10. The van der Waals surface area contributed by atoms with Gasteiger partial charge in [-0.05, 0) is 83.4 Å². The molecule has 4 aromatic rings. The van der Waals surface area contributed by atoms with Crippen molar-refractivity contribution in [2.24, 2.45) is 0 Å². The summed E-state index contributed by atoms with van der Waals surface area (Å²) >= 11 is 3.37. The molecule has 1 aliphatic rings. The highest BCUT2D eigenvalue weighted by Crippen LogP contribution is 2.36. The molecule has 0 radical (unpaired) electrons. The van der Waals surface area contributed by atoms with Crippen LogP contribution in [0.3, 0.4) is 0 Å². The molecule has 0 unspecified atom stereocenters. The van der Waals surface area contributed by atoms with E-state index in [0.29, 0.717) is 24.3 Å². The maximum Gasteiger partial charge on any atom is 0.494 e. The topological polar surface area (TPSA) is 96.8 Å². The van der Waals surface area contributed by atoms with Gasteiger partial charge in [0, 0.05) is 27.6 Å². The Morgan fingerprint density at radius 1 is 0.775 bits per heavy atom. The van der Waals surface area contributed by atoms with Crippen LogP contribution >= 0.6 is 15.9 Å². The van der Waals surface area contributed by atoms with Crippen molar-refractivity contribution in [3.05, 3.63) is 76.5 Å². The molecule has 0 aliphatic carbocycles. The third-order valence-corrected chi connectivity index (χ3v) is 7.48. The quantitative estimate of drug-likeness (QED) is 0.205. The van der Waals surface area contributed by atoms with E-state index in [0.717, 1.165) is 31.7 Å². The summed E-state index contributed by atoms with van der Waals surface area (Å²) in [7, 11) is -0.477. The molecule has 40 heavy (non-hydrogen) atoms. The van der Waals surface area contributed by atoms with Crippen molar-refractivity contribution in [3.8, 4) is 0 Å². The van der Waals surface area contributed by atoms with E-state index in [4.69, 9.17) is 18.8 Å². The highest BCUT2D eigenvalue weighted by atomic mass is 79.9. The maximum atomic E-state index is 12.2. The van der Waals surface area contributed by atoms with Crippen LogP contribution in [0.4, 0.5) is 0 Å². The van der Waals surface area contributed by atoms with Gasteiger partial charge in [0.25, 0.3) is 0 Å². The van der Waals surface area contributed by atoms with Gasteiger partial charge in [-0.1, -0.05) is 28.1 Å². The van der Waals surface area contributed by atoms with Crippen LogP contribution in [0, 0.1) is 0 Å². The number of carbonyl (C=O) groups is 2. The number of hydrogen-bond donors (Lipinski definition) is 0. The Labute approximate surface area is 242 Å². The number of pyridine rings is 2. The molecule has 208 valence electrons. The van der Waals surface area contributed by atoms with Crippen LogP contribution in [0.1, 0.15) is 62.3 Å². The normalized spacial score (nSPS) is 15.4. The molecule has 0 N–H and O–H groups in total. The monoisotopic (exact) mass is 606 g/mol. The summed E-state index contributed by atoms with van der Waals surface area (Å²) < 4.78 is 23.2. The number of benzene rings is 2. The van der Waals surface area contributed by atoms with E-state index in [2.05, 4.69) is 25.9 Å². The summed E-state index contributed by atoms with van der Waals surface area (Å²) in [4.78, 5) is 32.4. The van der Waals surface area contributed by atoms with E-state index < -0.39 is 18.3 Å². The summed E-state index contributed by atoms with van der Waals surface area (Å²) in [6, 6.07) is 14.7. The third-order valence-electron chi connectivity index (χ3n) is 6.99. The molecule has 1 aliphatic heterocycles. The summed E-state index contributed by atoms with van der Waals surface area (Å²) in [5.41, 5.74) is 2.61. The standard InChI is InChI=1S/C18H22BNO4.C12H10BrNO2/c1-6-22-16(21)13-9-10-20-15-8-7-12(11-14(13)15)19-23-17(2,3)18(4,5)24-19;1-2-16-12(15)9-5-6-14-11-4-3-8(13)7-10(9)11/h7-11H,6H2,1-5H3;3-7H,2H2,1H3. The molecule has 0 bridgehead atoms. The van der Waals surface area contributed by atoms with Crippen LogP contribution in [0.5, 0.6) is 0 Å². The van der Waals surface area contributed by atoms with E-state index in [9.17, 15) is 9.59 Å². The Kier molecular flexibility index (Phi) is 8.92. The van der Waals surface area contributed by atoms with Gasteiger partial charge in [-0.2, -0.15) is 0 Å². The Balaban J connectivity index is 0.000000201. The average Bonchev–Trinajstić information content (AvgIpc) is 3.14. The summed E-state index contributed by atoms with van der Waals surface area (Å²) in [5.74, 6) is -0.663. The minimum absolute atomic E-state index is 0.312. The Hall–Kier alpha value is -3.34. The van der Waals surface area contributed by atoms with Gasteiger partial charge >= 0.3 is 19.1 Å². The molecule has 1 fully saturated rings. The van der Waals surface area contributed by atoms with Crippen LogP contribution in [-0.2, 0) is 18.8 Å². The number of esters is 2. The van der Waals surface area contributed by atoms with E-state index >= 15 is 0 Å². The molecule has 0 atom stereocenters. The number of aromatic nitrogens is 2. The lowest BCUT2D eigenvalue weighted by Crippen LogP contribution is -2.41. The molecular formula is C30H32BBrN2O6. The van der Waals surface area contributed by atoms with Crippen LogP contribution in [0.25, 0.3) is 21.8 Å². The molecule has 2 aromatic carbocycles. The molecule has 0 saturated carbocycles. The van der Waals surface area contributed by atoms with E-state index in [1.807, 2.05) is 64.1 Å². The first-order chi connectivity index (χ1) is 19.0. The maximum absolute atomic E-state index is 12.2. The van der Waals surface area contributed by atoms with Gasteiger partial charge in [0.05, 0.1) is 46.6 Å². The van der Waals surface area contributed by atoms with Crippen molar-refractivity contribution in [2.75, 3.05) is 13.2 Å². The summed E-state index contributed by atoms with van der Waals surface area (Å²) in [6.07, 6.45) is 3.23. The Morgan fingerprint density at radius 3 is 1.75 bits per heavy atom. The number of hydrogen-bond acceptors (Lipinski definition) is 8. The van der Waals surface area contributed by atoms with Crippen LogP contribution < -0.4 is 5.46 Å². The number of fused-ring (bicyclic) bond motifs is 2. The molecule has 10 heteroatoms. The number of halogens is 1. The SMILES string of the molecule is CCOC(=O)c1ccnc2ccc(B3OC(C)(C)C(C)(C)O3)cc12.CCOC(=O)c1ccnc2ccc(Br)cc12.